The highest BCUT2D eigenvalue weighted by Crippen LogP contribution is 2.20. The second-order valence-electron chi connectivity index (χ2n) is 2.22. The van der Waals surface area contributed by atoms with E-state index in [0.717, 1.165) is 5.56 Å². The van der Waals surface area contributed by atoms with Gasteiger partial charge in [0.05, 0.1) is 6.10 Å². The van der Waals surface area contributed by atoms with Crippen molar-refractivity contribution in [1.82, 2.24) is 0 Å². The molecule has 0 amide bonds. The van der Waals surface area contributed by atoms with E-state index in [1.807, 2.05) is 10.8 Å². The average Bonchev–Trinajstić information content (AvgIpc) is 2.53. The van der Waals surface area contributed by atoms with Crippen molar-refractivity contribution >= 4 is 27.3 Å². The van der Waals surface area contributed by atoms with Crippen LogP contribution in [0.2, 0.25) is 0 Å². The fraction of sp³-hybridized carbons (Fsp3) is 0.429. The monoisotopic (exact) mass is 236 g/mol. The molecule has 11 heavy (non-hydrogen) atoms. The van der Waals surface area contributed by atoms with Crippen LogP contribution in [0.4, 0.5) is 0 Å². The molecule has 0 bridgehead atoms. The minimum absolute atomic E-state index is 0.393. The van der Waals surface area contributed by atoms with Gasteiger partial charge in [-0.15, -0.1) is 0 Å². The minimum Gasteiger partial charge on any atom is -0.389 e. The summed E-state index contributed by atoms with van der Waals surface area (Å²) in [7, 11) is 0. The van der Waals surface area contributed by atoms with Gasteiger partial charge in [0, 0.05) is 5.33 Å². The molecule has 1 aromatic rings. The quantitative estimate of drug-likeness (QED) is 0.783. The van der Waals surface area contributed by atoms with E-state index in [1.165, 1.54) is 11.3 Å². The molecule has 0 saturated carbocycles. The Labute approximate surface area is 77.6 Å². The number of rotatable bonds is 3. The lowest BCUT2D eigenvalue weighted by Gasteiger charge is -2.13. The third-order valence-electron chi connectivity index (χ3n) is 1.41. The van der Waals surface area contributed by atoms with Crippen molar-refractivity contribution in [3.8, 4) is 0 Å². The molecule has 0 aliphatic heterocycles. The Morgan fingerprint density at radius 3 is 2.73 bits per heavy atom. The van der Waals surface area contributed by atoms with E-state index < -0.39 is 12.2 Å². The Bertz CT molecular complexity index is 200. The van der Waals surface area contributed by atoms with Gasteiger partial charge in [-0.3, -0.25) is 0 Å². The van der Waals surface area contributed by atoms with E-state index in [-0.39, 0.29) is 0 Å². The van der Waals surface area contributed by atoms with E-state index in [0.29, 0.717) is 5.33 Å². The highest BCUT2D eigenvalue weighted by atomic mass is 79.9. The van der Waals surface area contributed by atoms with Gasteiger partial charge in [-0.2, -0.15) is 11.3 Å². The zero-order chi connectivity index (χ0) is 8.27. The number of aliphatic hydroxyl groups excluding tert-OH is 2. The molecule has 0 radical (unpaired) electrons. The van der Waals surface area contributed by atoms with E-state index >= 15 is 0 Å². The number of thiophene rings is 1. The summed E-state index contributed by atoms with van der Waals surface area (Å²) in [4.78, 5) is 0. The lowest BCUT2D eigenvalue weighted by molar-refractivity contribution is 0.0345. The third kappa shape index (κ3) is 2.27. The van der Waals surface area contributed by atoms with Crippen LogP contribution in [0, 0.1) is 0 Å². The van der Waals surface area contributed by atoms with Crippen LogP contribution >= 0.6 is 27.3 Å². The predicted octanol–water partition coefficient (Wildman–Crippen LogP) is 1.54. The summed E-state index contributed by atoms with van der Waals surface area (Å²) in [5, 5.41) is 22.7. The first-order valence-electron chi connectivity index (χ1n) is 3.20. The Morgan fingerprint density at radius 2 is 2.27 bits per heavy atom. The summed E-state index contributed by atoms with van der Waals surface area (Å²) in [6.45, 7) is 0. The molecule has 0 aliphatic carbocycles. The molecule has 62 valence electrons. The second kappa shape index (κ2) is 4.21. The number of hydrogen-bond donors (Lipinski definition) is 2. The van der Waals surface area contributed by atoms with Crippen molar-refractivity contribution < 1.29 is 10.2 Å². The van der Waals surface area contributed by atoms with Crippen LogP contribution in [0.25, 0.3) is 0 Å². The van der Waals surface area contributed by atoms with Gasteiger partial charge >= 0.3 is 0 Å². The molecule has 2 unspecified atom stereocenters. The molecule has 1 heterocycles. The van der Waals surface area contributed by atoms with E-state index in [9.17, 15) is 10.2 Å². The topological polar surface area (TPSA) is 40.5 Å². The summed E-state index contributed by atoms with van der Waals surface area (Å²) in [6, 6.07) is 1.81. The average molecular weight is 237 g/mol. The fourth-order valence-corrected chi connectivity index (χ4v) is 1.79. The zero-order valence-electron chi connectivity index (χ0n) is 5.77. The van der Waals surface area contributed by atoms with Gasteiger partial charge in [0.2, 0.25) is 0 Å². The molecule has 0 spiro atoms. The summed E-state index contributed by atoms with van der Waals surface area (Å²) in [5.41, 5.74) is 0.780. The van der Waals surface area contributed by atoms with Crippen molar-refractivity contribution in [2.75, 3.05) is 5.33 Å². The number of aliphatic hydroxyl groups is 2. The van der Waals surface area contributed by atoms with Crippen LogP contribution in [0.1, 0.15) is 11.7 Å². The van der Waals surface area contributed by atoms with Crippen LogP contribution in [0.5, 0.6) is 0 Å². The van der Waals surface area contributed by atoms with Crippen molar-refractivity contribution in [2.45, 2.75) is 12.2 Å². The van der Waals surface area contributed by atoms with Gasteiger partial charge in [0.1, 0.15) is 6.10 Å². The molecular weight excluding hydrogens is 228 g/mol. The molecule has 1 aromatic heterocycles. The van der Waals surface area contributed by atoms with E-state index in [1.54, 1.807) is 6.07 Å². The standard InChI is InChI=1S/C7H9BrO2S/c8-3-6(9)7(10)5-1-2-11-4-5/h1-2,4,6-7,9-10H,3H2. The molecule has 0 saturated heterocycles. The van der Waals surface area contributed by atoms with Crippen molar-refractivity contribution in [3.63, 3.8) is 0 Å². The molecule has 0 aromatic carbocycles. The molecule has 0 aliphatic rings. The maximum absolute atomic E-state index is 9.40. The van der Waals surface area contributed by atoms with Crippen LogP contribution in [-0.2, 0) is 0 Å². The highest BCUT2D eigenvalue weighted by Gasteiger charge is 2.16. The first kappa shape index (κ1) is 9.19. The largest absolute Gasteiger partial charge is 0.389 e. The summed E-state index contributed by atoms with van der Waals surface area (Å²) < 4.78 is 0. The maximum Gasteiger partial charge on any atom is 0.106 e. The number of hydrogen-bond acceptors (Lipinski definition) is 3. The lowest BCUT2D eigenvalue weighted by atomic mass is 10.1. The van der Waals surface area contributed by atoms with Gasteiger partial charge in [-0.1, -0.05) is 15.9 Å². The first-order valence-corrected chi connectivity index (χ1v) is 5.26. The van der Waals surface area contributed by atoms with Gasteiger partial charge in [-0.25, -0.2) is 0 Å². The van der Waals surface area contributed by atoms with Crippen molar-refractivity contribution in [1.29, 1.82) is 0 Å². The smallest absolute Gasteiger partial charge is 0.106 e. The van der Waals surface area contributed by atoms with Gasteiger partial charge in [0.25, 0.3) is 0 Å². The van der Waals surface area contributed by atoms with Crippen LogP contribution < -0.4 is 0 Å². The Hall–Kier alpha value is 0.100. The van der Waals surface area contributed by atoms with Gasteiger partial charge < -0.3 is 10.2 Å². The number of halogens is 1. The molecule has 1 rings (SSSR count). The van der Waals surface area contributed by atoms with Crippen LogP contribution in [0.15, 0.2) is 16.8 Å². The van der Waals surface area contributed by atoms with Crippen LogP contribution in [0.3, 0.4) is 0 Å². The normalized spacial score (nSPS) is 16.3. The van der Waals surface area contributed by atoms with Gasteiger partial charge in [-0.05, 0) is 22.4 Å². The second-order valence-corrected chi connectivity index (χ2v) is 3.65. The van der Waals surface area contributed by atoms with E-state index in [2.05, 4.69) is 15.9 Å². The number of alkyl halides is 1. The summed E-state index contributed by atoms with van der Waals surface area (Å²) >= 11 is 4.60. The predicted molar refractivity (Wildman–Crippen MR) is 49.1 cm³/mol. The summed E-state index contributed by atoms with van der Waals surface area (Å²) in [5.74, 6) is 0. The highest BCUT2D eigenvalue weighted by molar-refractivity contribution is 9.09. The first-order chi connectivity index (χ1) is 5.25. The molecule has 4 heteroatoms. The Morgan fingerprint density at radius 1 is 1.55 bits per heavy atom. The van der Waals surface area contributed by atoms with E-state index in [4.69, 9.17) is 0 Å². The van der Waals surface area contributed by atoms with Crippen LogP contribution in [-0.4, -0.2) is 21.6 Å². The molecule has 2 atom stereocenters. The van der Waals surface area contributed by atoms with Gasteiger partial charge in [0.15, 0.2) is 0 Å². The Kier molecular flexibility index (Phi) is 3.51. The SMILES string of the molecule is OC(CBr)C(O)c1ccsc1. The molecule has 2 nitrogen and oxygen atoms in total. The molecule has 2 N–H and O–H groups in total. The fourth-order valence-electron chi connectivity index (χ4n) is 0.750. The maximum atomic E-state index is 9.40. The molecular formula is C7H9BrO2S. The van der Waals surface area contributed by atoms with Crippen molar-refractivity contribution in [3.05, 3.63) is 22.4 Å². The lowest BCUT2D eigenvalue weighted by Crippen LogP contribution is -2.18. The summed E-state index contributed by atoms with van der Waals surface area (Å²) in [6.07, 6.45) is -1.48. The zero-order valence-corrected chi connectivity index (χ0v) is 8.18. The third-order valence-corrected chi connectivity index (χ3v) is 2.77. The Balaban J connectivity index is 2.62. The van der Waals surface area contributed by atoms with Crippen molar-refractivity contribution in [2.24, 2.45) is 0 Å². The minimum atomic E-state index is -0.763. The molecule has 0 fully saturated rings.